The summed E-state index contributed by atoms with van der Waals surface area (Å²) in [5.74, 6) is -1.17. The highest BCUT2D eigenvalue weighted by Gasteiger charge is 2.28. The Morgan fingerprint density at radius 2 is 2.31 bits per heavy atom. The Bertz CT molecular complexity index is 265. The number of hydrogen-bond acceptors (Lipinski definition) is 2. The second kappa shape index (κ2) is 3.73. The zero-order chi connectivity index (χ0) is 10.0. The maximum atomic E-state index is 11.3. The van der Waals surface area contributed by atoms with Crippen LogP contribution in [0.5, 0.6) is 0 Å². The van der Waals surface area contributed by atoms with E-state index in [2.05, 4.69) is 0 Å². The lowest BCUT2D eigenvalue weighted by Gasteiger charge is -2.22. The maximum absolute atomic E-state index is 11.3. The smallest absolute Gasteiger partial charge is 0.306 e. The number of hydrogen-bond donors (Lipinski definition) is 1. The van der Waals surface area contributed by atoms with Crippen LogP contribution in [0.1, 0.15) is 26.7 Å². The van der Waals surface area contributed by atoms with Gasteiger partial charge in [-0.25, -0.2) is 0 Å². The van der Waals surface area contributed by atoms with Crippen molar-refractivity contribution in [3.05, 3.63) is 11.6 Å². The molecule has 0 aromatic carbocycles. The summed E-state index contributed by atoms with van der Waals surface area (Å²) in [5.41, 5.74) is 0.772. The molecule has 1 aliphatic rings. The fraction of sp³-hybridized carbons (Fsp3) is 0.600. The molecule has 3 nitrogen and oxygen atoms in total. The molecule has 0 saturated carbocycles. The summed E-state index contributed by atoms with van der Waals surface area (Å²) in [6.07, 6.45) is 2.94. The van der Waals surface area contributed by atoms with Crippen molar-refractivity contribution in [1.82, 2.24) is 0 Å². The van der Waals surface area contributed by atoms with Crippen molar-refractivity contribution in [3.63, 3.8) is 0 Å². The minimum atomic E-state index is -0.814. The van der Waals surface area contributed by atoms with Gasteiger partial charge in [0.1, 0.15) is 0 Å². The fourth-order valence-corrected chi connectivity index (χ4v) is 1.51. The van der Waals surface area contributed by atoms with Crippen molar-refractivity contribution in [3.8, 4) is 0 Å². The number of carboxylic acid groups (broad SMARTS) is 1. The third-order valence-electron chi connectivity index (χ3n) is 2.71. The van der Waals surface area contributed by atoms with E-state index in [-0.39, 0.29) is 11.7 Å². The number of carbonyl (C=O) groups is 2. The first-order valence-corrected chi connectivity index (χ1v) is 4.45. The number of Topliss-reactive ketones (excluding diaryl/α,β-unsaturated/α-hetero) is 1. The Kier molecular flexibility index (Phi) is 2.86. The molecule has 1 N–H and O–H groups in total. The fourth-order valence-electron chi connectivity index (χ4n) is 1.51. The zero-order valence-corrected chi connectivity index (χ0v) is 7.91. The van der Waals surface area contributed by atoms with Crippen LogP contribution in [0.3, 0.4) is 0 Å². The first kappa shape index (κ1) is 9.96. The van der Waals surface area contributed by atoms with Crippen molar-refractivity contribution in [2.24, 2.45) is 11.8 Å². The highest BCUT2D eigenvalue weighted by molar-refractivity contribution is 5.96. The van der Waals surface area contributed by atoms with Gasteiger partial charge in [0.15, 0.2) is 5.78 Å². The Hall–Kier alpha value is -1.12. The normalized spacial score (nSPS) is 25.2. The number of carboxylic acids is 1. The van der Waals surface area contributed by atoms with Crippen LogP contribution in [0.15, 0.2) is 11.6 Å². The SMILES string of the molecule is CC1=CCC(C(C)C(=O)O)CC1=O. The van der Waals surface area contributed by atoms with Crippen LogP contribution in [0, 0.1) is 11.8 Å². The van der Waals surface area contributed by atoms with E-state index >= 15 is 0 Å². The maximum Gasteiger partial charge on any atom is 0.306 e. The molecule has 13 heavy (non-hydrogen) atoms. The molecule has 2 unspecified atom stereocenters. The molecule has 2 atom stereocenters. The second-order valence-corrected chi connectivity index (χ2v) is 3.64. The van der Waals surface area contributed by atoms with Crippen molar-refractivity contribution in [2.45, 2.75) is 26.7 Å². The molecule has 0 heterocycles. The quantitative estimate of drug-likeness (QED) is 0.706. The number of allylic oxidation sites excluding steroid dienone is 2. The van der Waals surface area contributed by atoms with Crippen molar-refractivity contribution >= 4 is 11.8 Å². The predicted molar refractivity (Wildman–Crippen MR) is 48.3 cm³/mol. The molecule has 1 aliphatic carbocycles. The predicted octanol–water partition coefficient (Wildman–Crippen LogP) is 1.63. The van der Waals surface area contributed by atoms with E-state index in [1.807, 2.05) is 6.08 Å². The lowest BCUT2D eigenvalue weighted by Crippen LogP contribution is -2.25. The van der Waals surface area contributed by atoms with Crippen LogP contribution in [0.2, 0.25) is 0 Å². The van der Waals surface area contributed by atoms with Gasteiger partial charge in [0.2, 0.25) is 0 Å². The molecule has 0 aromatic rings. The molecule has 0 bridgehead atoms. The molecule has 0 amide bonds. The number of rotatable bonds is 2. The van der Waals surface area contributed by atoms with E-state index in [0.717, 1.165) is 5.57 Å². The van der Waals surface area contributed by atoms with E-state index in [1.54, 1.807) is 13.8 Å². The van der Waals surface area contributed by atoms with E-state index in [4.69, 9.17) is 5.11 Å². The average molecular weight is 182 g/mol. The summed E-state index contributed by atoms with van der Waals surface area (Å²) < 4.78 is 0. The monoisotopic (exact) mass is 182 g/mol. The van der Waals surface area contributed by atoms with Crippen LogP contribution in [-0.2, 0) is 9.59 Å². The highest BCUT2D eigenvalue weighted by Crippen LogP contribution is 2.27. The molecular formula is C10H14O3. The molecule has 3 heteroatoms. The van der Waals surface area contributed by atoms with E-state index in [0.29, 0.717) is 12.8 Å². The number of ketones is 1. The minimum Gasteiger partial charge on any atom is -0.481 e. The van der Waals surface area contributed by atoms with Gasteiger partial charge in [-0.3, -0.25) is 9.59 Å². The van der Waals surface area contributed by atoms with Crippen LogP contribution in [-0.4, -0.2) is 16.9 Å². The molecule has 0 radical (unpaired) electrons. The van der Waals surface area contributed by atoms with E-state index in [9.17, 15) is 9.59 Å². The summed E-state index contributed by atoms with van der Waals surface area (Å²) in [4.78, 5) is 21.9. The van der Waals surface area contributed by atoms with E-state index < -0.39 is 11.9 Å². The topological polar surface area (TPSA) is 54.4 Å². The van der Waals surface area contributed by atoms with Crippen LogP contribution < -0.4 is 0 Å². The highest BCUT2D eigenvalue weighted by atomic mass is 16.4. The minimum absolute atomic E-state index is 0.0197. The number of carbonyl (C=O) groups excluding carboxylic acids is 1. The third-order valence-corrected chi connectivity index (χ3v) is 2.71. The standard InChI is InChI=1S/C10H14O3/c1-6-3-4-8(5-9(6)11)7(2)10(12)13/h3,7-8H,4-5H2,1-2H3,(H,12,13). The van der Waals surface area contributed by atoms with Crippen molar-refractivity contribution in [2.75, 3.05) is 0 Å². The summed E-state index contributed by atoms with van der Waals surface area (Å²) in [5, 5.41) is 8.75. The average Bonchev–Trinajstić information content (AvgIpc) is 2.08. The number of aliphatic carboxylic acids is 1. The van der Waals surface area contributed by atoms with Gasteiger partial charge in [-0.15, -0.1) is 0 Å². The molecule has 1 rings (SSSR count). The molecule has 0 aliphatic heterocycles. The zero-order valence-electron chi connectivity index (χ0n) is 7.91. The van der Waals surface area contributed by atoms with Gasteiger partial charge in [-0.2, -0.15) is 0 Å². The van der Waals surface area contributed by atoms with Crippen molar-refractivity contribution < 1.29 is 14.7 Å². The first-order chi connectivity index (χ1) is 6.02. The molecule has 0 saturated heterocycles. The lowest BCUT2D eigenvalue weighted by atomic mass is 9.81. The Balaban J connectivity index is 2.67. The van der Waals surface area contributed by atoms with Gasteiger partial charge in [-0.05, 0) is 24.8 Å². The van der Waals surface area contributed by atoms with Gasteiger partial charge in [0, 0.05) is 6.42 Å². The van der Waals surface area contributed by atoms with Crippen LogP contribution in [0.4, 0.5) is 0 Å². The summed E-state index contributed by atoms with van der Waals surface area (Å²) in [6.45, 7) is 3.44. The molecule has 0 aromatic heterocycles. The van der Waals surface area contributed by atoms with Gasteiger partial charge in [-0.1, -0.05) is 13.0 Å². The third kappa shape index (κ3) is 2.17. The van der Waals surface area contributed by atoms with Crippen LogP contribution in [0.25, 0.3) is 0 Å². The lowest BCUT2D eigenvalue weighted by molar-refractivity contribution is -0.143. The Labute approximate surface area is 77.4 Å². The van der Waals surface area contributed by atoms with Crippen LogP contribution >= 0.6 is 0 Å². The van der Waals surface area contributed by atoms with Crippen molar-refractivity contribution in [1.29, 1.82) is 0 Å². The summed E-state index contributed by atoms with van der Waals surface area (Å²) in [7, 11) is 0. The molecule has 72 valence electrons. The molecular weight excluding hydrogens is 168 g/mol. The Morgan fingerprint density at radius 1 is 1.69 bits per heavy atom. The van der Waals surface area contributed by atoms with Gasteiger partial charge in [0.25, 0.3) is 0 Å². The van der Waals surface area contributed by atoms with Gasteiger partial charge < -0.3 is 5.11 Å². The summed E-state index contributed by atoms with van der Waals surface area (Å²) in [6, 6.07) is 0. The van der Waals surface area contributed by atoms with Gasteiger partial charge in [0.05, 0.1) is 5.92 Å². The van der Waals surface area contributed by atoms with Gasteiger partial charge >= 0.3 is 5.97 Å². The molecule has 0 spiro atoms. The van der Waals surface area contributed by atoms with E-state index in [1.165, 1.54) is 0 Å². The molecule has 0 fully saturated rings. The Morgan fingerprint density at radius 3 is 2.77 bits per heavy atom. The first-order valence-electron chi connectivity index (χ1n) is 4.45. The second-order valence-electron chi connectivity index (χ2n) is 3.64. The largest absolute Gasteiger partial charge is 0.481 e. The summed E-state index contributed by atoms with van der Waals surface area (Å²) >= 11 is 0.